The van der Waals surface area contributed by atoms with E-state index in [0.717, 1.165) is 12.8 Å². The third kappa shape index (κ3) is 2.88. The number of benzene rings is 1. The molecule has 98 valence electrons. The highest BCUT2D eigenvalue weighted by atomic mass is 16.4. The predicted octanol–water partition coefficient (Wildman–Crippen LogP) is 2.78. The Morgan fingerprint density at radius 1 is 1.22 bits per heavy atom. The quantitative estimate of drug-likeness (QED) is 0.873. The first-order valence-corrected chi connectivity index (χ1v) is 6.12. The third-order valence-corrected chi connectivity index (χ3v) is 3.16. The van der Waals surface area contributed by atoms with Gasteiger partial charge in [-0.15, -0.1) is 0 Å². The summed E-state index contributed by atoms with van der Waals surface area (Å²) in [5, 5.41) is 9.11. The Bertz CT molecular complexity index is 438. The molecule has 1 amide bonds. The molecular formula is C14H19NO3. The summed E-state index contributed by atoms with van der Waals surface area (Å²) >= 11 is 0. The van der Waals surface area contributed by atoms with Crippen molar-refractivity contribution in [1.82, 2.24) is 0 Å². The lowest BCUT2D eigenvalue weighted by Crippen LogP contribution is -2.33. The van der Waals surface area contributed by atoms with E-state index in [2.05, 4.69) is 0 Å². The highest BCUT2D eigenvalue weighted by Crippen LogP contribution is 2.22. The van der Waals surface area contributed by atoms with Crippen molar-refractivity contribution in [3.05, 3.63) is 29.8 Å². The van der Waals surface area contributed by atoms with Gasteiger partial charge in [-0.3, -0.25) is 4.79 Å². The van der Waals surface area contributed by atoms with Gasteiger partial charge in [-0.05, 0) is 25.0 Å². The first-order valence-electron chi connectivity index (χ1n) is 6.12. The van der Waals surface area contributed by atoms with Crippen LogP contribution in [0.4, 0.5) is 5.69 Å². The average Bonchev–Trinajstić information content (AvgIpc) is 2.39. The van der Waals surface area contributed by atoms with E-state index in [1.165, 1.54) is 11.0 Å². The van der Waals surface area contributed by atoms with Crippen molar-refractivity contribution in [2.45, 2.75) is 26.7 Å². The summed E-state index contributed by atoms with van der Waals surface area (Å²) in [6, 6.07) is 6.55. The number of carbonyl (C=O) groups excluding carboxylic acids is 1. The molecule has 18 heavy (non-hydrogen) atoms. The summed E-state index contributed by atoms with van der Waals surface area (Å²) < 4.78 is 0. The van der Waals surface area contributed by atoms with Crippen molar-refractivity contribution < 1.29 is 14.7 Å². The van der Waals surface area contributed by atoms with Gasteiger partial charge in [0.05, 0.1) is 11.3 Å². The summed E-state index contributed by atoms with van der Waals surface area (Å²) in [6.07, 6.45) is 1.52. The lowest BCUT2D eigenvalue weighted by atomic mass is 10.0. The minimum atomic E-state index is -1.02. The second-order valence-electron chi connectivity index (χ2n) is 4.23. The van der Waals surface area contributed by atoms with Crippen molar-refractivity contribution >= 4 is 17.6 Å². The fourth-order valence-corrected chi connectivity index (χ4v) is 1.98. The molecular weight excluding hydrogens is 230 g/mol. The van der Waals surface area contributed by atoms with Gasteiger partial charge in [0, 0.05) is 13.0 Å². The molecule has 0 spiro atoms. The monoisotopic (exact) mass is 249 g/mol. The van der Waals surface area contributed by atoms with Crippen LogP contribution < -0.4 is 4.90 Å². The number of anilines is 1. The molecule has 0 aromatic heterocycles. The molecule has 0 heterocycles. The van der Waals surface area contributed by atoms with Gasteiger partial charge in [-0.2, -0.15) is 0 Å². The first-order chi connectivity index (χ1) is 8.52. The van der Waals surface area contributed by atoms with Crippen LogP contribution in [0, 0.1) is 5.92 Å². The molecule has 4 heteroatoms. The van der Waals surface area contributed by atoms with Crippen LogP contribution >= 0.6 is 0 Å². The number of carboxylic acid groups (broad SMARTS) is 1. The van der Waals surface area contributed by atoms with Crippen LogP contribution in [0.5, 0.6) is 0 Å². The number of para-hydroxylation sites is 1. The molecule has 1 aromatic carbocycles. The number of aromatic carboxylic acids is 1. The number of hydrogen-bond donors (Lipinski definition) is 1. The Morgan fingerprint density at radius 2 is 1.78 bits per heavy atom. The van der Waals surface area contributed by atoms with Gasteiger partial charge in [0.15, 0.2) is 0 Å². The zero-order chi connectivity index (χ0) is 13.7. The summed E-state index contributed by atoms with van der Waals surface area (Å²) in [6.45, 7) is 3.92. The molecule has 1 N–H and O–H groups in total. The third-order valence-electron chi connectivity index (χ3n) is 3.16. The van der Waals surface area contributed by atoms with E-state index in [4.69, 9.17) is 5.11 Å². The first kappa shape index (κ1) is 14.2. The Hall–Kier alpha value is -1.84. The summed E-state index contributed by atoms with van der Waals surface area (Å²) in [5.74, 6) is -1.11. The molecule has 4 nitrogen and oxygen atoms in total. The molecule has 0 aliphatic rings. The van der Waals surface area contributed by atoms with E-state index >= 15 is 0 Å². The van der Waals surface area contributed by atoms with E-state index in [-0.39, 0.29) is 17.4 Å². The summed E-state index contributed by atoms with van der Waals surface area (Å²) in [5.41, 5.74) is 0.598. The second-order valence-corrected chi connectivity index (χ2v) is 4.23. The lowest BCUT2D eigenvalue weighted by molar-refractivity contribution is -0.122. The van der Waals surface area contributed by atoms with E-state index in [9.17, 15) is 9.59 Å². The smallest absolute Gasteiger partial charge is 0.337 e. The van der Waals surface area contributed by atoms with Crippen LogP contribution in [-0.2, 0) is 4.79 Å². The molecule has 1 aromatic rings. The number of carboxylic acids is 1. The Kier molecular flexibility index (Phi) is 4.89. The zero-order valence-corrected chi connectivity index (χ0v) is 11.0. The van der Waals surface area contributed by atoms with Crippen LogP contribution in [0.1, 0.15) is 37.0 Å². The summed E-state index contributed by atoms with van der Waals surface area (Å²) in [4.78, 5) is 24.8. The molecule has 0 aliphatic heterocycles. The van der Waals surface area contributed by atoms with E-state index in [0.29, 0.717) is 5.69 Å². The average molecular weight is 249 g/mol. The number of nitrogens with zero attached hydrogens (tertiary/aromatic N) is 1. The number of carbonyl (C=O) groups is 2. The fraction of sp³-hybridized carbons (Fsp3) is 0.429. The van der Waals surface area contributed by atoms with Gasteiger partial charge in [-0.25, -0.2) is 4.79 Å². The van der Waals surface area contributed by atoms with Crippen LogP contribution in [0.25, 0.3) is 0 Å². The lowest BCUT2D eigenvalue weighted by Gasteiger charge is -2.23. The molecule has 1 rings (SSSR count). The van der Waals surface area contributed by atoms with Crippen LogP contribution in [0.2, 0.25) is 0 Å². The minimum absolute atomic E-state index is 0.0336. The van der Waals surface area contributed by atoms with Crippen LogP contribution in [0.15, 0.2) is 24.3 Å². The van der Waals surface area contributed by atoms with Crippen molar-refractivity contribution in [2.24, 2.45) is 5.92 Å². The van der Waals surface area contributed by atoms with Gasteiger partial charge in [0.25, 0.3) is 0 Å². The number of amides is 1. The Balaban J connectivity index is 3.07. The van der Waals surface area contributed by atoms with Crippen molar-refractivity contribution in [3.63, 3.8) is 0 Å². The maximum absolute atomic E-state index is 12.2. The molecule has 0 radical (unpaired) electrons. The maximum atomic E-state index is 12.2. The van der Waals surface area contributed by atoms with Gasteiger partial charge in [0.1, 0.15) is 0 Å². The highest BCUT2D eigenvalue weighted by molar-refractivity contribution is 6.02. The predicted molar refractivity (Wildman–Crippen MR) is 70.9 cm³/mol. The minimum Gasteiger partial charge on any atom is -0.478 e. The van der Waals surface area contributed by atoms with Crippen LogP contribution in [0.3, 0.4) is 0 Å². The van der Waals surface area contributed by atoms with Gasteiger partial charge < -0.3 is 10.0 Å². The second kappa shape index (κ2) is 6.19. The Labute approximate surface area is 107 Å². The van der Waals surface area contributed by atoms with Crippen molar-refractivity contribution in [2.75, 3.05) is 11.9 Å². The van der Waals surface area contributed by atoms with E-state index < -0.39 is 5.97 Å². The molecule has 0 saturated heterocycles. The topological polar surface area (TPSA) is 57.6 Å². The Morgan fingerprint density at radius 3 is 2.28 bits per heavy atom. The van der Waals surface area contributed by atoms with Crippen LogP contribution in [-0.4, -0.2) is 24.0 Å². The molecule has 0 saturated carbocycles. The van der Waals surface area contributed by atoms with Gasteiger partial charge in [-0.1, -0.05) is 26.0 Å². The molecule has 0 aliphatic carbocycles. The van der Waals surface area contributed by atoms with Crippen molar-refractivity contribution in [1.29, 1.82) is 0 Å². The van der Waals surface area contributed by atoms with E-state index in [1.54, 1.807) is 25.2 Å². The molecule has 0 bridgehead atoms. The SMILES string of the molecule is CCC(CC)C(=O)N(C)c1ccccc1C(=O)O. The van der Waals surface area contributed by atoms with E-state index in [1.807, 2.05) is 13.8 Å². The zero-order valence-electron chi connectivity index (χ0n) is 11.0. The molecule has 0 atom stereocenters. The number of rotatable bonds is 5. The largest absolute Gasteiger partial charge is 0.478 e. The van der Waals surface area contributed by atoms with Crippen molar-refractivity contribution in [3.8, 4) is 0 Å². The number of hydrogen-bond acceptors (Lipinski definition) is 2. The fourth-order valence-electron chi connectivity index (χ4n) is 1.98. The highest BCUT2D eigenvalue weighted by Gasteiger charge is 2.22. The maximum Gasteiger partial charge on any atom is 0.337 e. The molecule has 0 unspecified atom stereocenters. The standard InChI is InChI=1S/C14H19NO3/c1-4-10(5-2)13(16)15(3)12-9-7-6-8-11(12)14(17)18/h6-10H,4-5H2,1-3H3,(H,17,18). The van der Waals surface area contributed by atoms with Gasteiger partial charge >= 0.3 is 5.97 Å². The van der Waals surface area contributed by atoms with Gasteiger partial charge in [0.2, 0.25) is 5.91 Å². The normalized spacial score (nSPS) is 10.4. The molecule has 0 fully saturated rings. The summed E-state index contributed by atoms with van der Waals surface area (Å²) in [7, 11) is 1.63.